The summed E-state index contributed by atoms with van der Waals surface area (Å²) >= 11 is 6.35. The van der Waals surface area contributed by atoms with Crippen molar-refractivity contribution in [2.75, 3.05) is 33.3 Å². The molecule has 0 saturated carbocycles. The molecule has 178 valence electrons. The maximum absolute atomic E-state index is 12.8. The first-order valence-electron chi connectivity index (χ1n) is 11.2. The Bertz CT molecular complexity index is 1140. The zero-order chi connectivity index (χ0) is 24.1. The second-order valence-corrected chi connectivity index (χ2v) is 8.64. The molecule has 0 spiro atoms. The minimum atomic E-state index is -0.602. The van der Waals surface area contributed by atoms with Crippen molar-refractivity contribution >= 4 is 23.5 Å². The van der Waals surface area contributed by atoms with Gasteiger partial charge in [0.15, 0.2) is 0 Å². The molecule has 0 aliphatic carbocycles. The van der Waals surface area contributed by atoms with Crippen LogP contribution in [0.4, 0.5) is 0 Å². The monoisotopic (exact) mass is 482 g/mol. The van der Waals surface area contributed by atoms with E-state index in [1.54, 1.807) is 11.0 Å². The summed E-state index contributed by atoms with van der Waals surface area (Å²) in [5.74, 6) is 0.535. The maximum Gasteiger partial charge on any atom is 0.327 e. The van der Waals surface area contributed by atoms with Crippen molar-refractivity contribution in [1.82, 2.24) is 20.0 Å². The van der Waals surface area contributed by atoms with Gasteiger partial charge in [-0.2, -0.15) is 0 Å². The lowest BCUT2D eigenvalue weighted by Crippen LogP contribution is -2.51. The van der Waals surface area contributed by atoms with Gasteiger partial charge in [0.05, 0.1) is 7.11 Å². The summed E-state index contributed by atoms with van der Waals surface area (Å²) in [6, 6.07) is 14.5. The van der Waals surface area contributed by atoms with Gasteiger partial charge in [-0.25, -0.2) is 4.79 Å². The van der Waals surface area contributed by atoms with Crippen LogP contribution in [-0.4, -0.2) is 65.2 Å². The molecule has 1 aromatic heterocycles. The van der Waals surface area contributed by atoms with Gasteiger partial charge >= 0.3 is 5.97 Å². The van der Waals surface area contributed by atoms with Crippen molar-refractivity contribution < 1.29 is 18.7 Å². The number of hydrogen-bond acceptors (Lipinski definition) is 7. The number of esters is 1. The number of aromatic nitrogens is 2. The number of piperazine rings is 1. The SMILES string of the molecule is COC(=O)[C@@H](c1ccccc1Cl)N1CCN(C(=O)CCc2nnc(-c3ccc(C)cc3)o2)CC1. The van der Waals surface area contributed by atoms with Gasteiger partial charge in [-0.1, -0.05) is 47.5 Å². The second-order valence-electron chi connectivity index (χ2n) is 8.23. The van der Waals surface area contributed by atoms with Crippen LogP contribution < -0.4 is 0 Å². The third-order valence-electron chi connectivity index (χ3n) is 5.97. The number of halogens is 1. The highest BCUT2D eigenvalue weighted by Crippen LogP contribution is 2.29. The van der Waals surface area contributed by atoms with E-state index in [1.165, 1.54) is 7.11 Å². The Morgan fingerprint density at radius 1 is 1.06 bits per heavy atom. The molecule has 0 bridgehead atoms. The number of benzene rings is 2. The molecule has 0 unspecified atom stereocenters. The zero-order valence-electron chi connectivity index (χ0n) is 19.2. The lowest BCUT2D eigenvalue weighted by Gasteiger charge is -2.38. The van der Waals surface area contributed by atoms with Crippen molar-refractivity contribution in [3.8, 4) is 11.5 Å². The van der Waals surface area contributed by atoms with E-state index in [9.17, 15) is 9.59 Å². The van der Waals surface area contributed by atoms with Crippen molar-refractivity contribution in [3.05, 3.63) is 70.6 Å². The number of hydrogen-bond donors (Lipinski definition) is 0. The van der Waals surface area contributed by atoms with Crippen LogP contribution >= 0.6 is 11.6 Å². The van der Waals surface area contributed by atoms with E-state index in [0.717, 1.165) is 11.1 Å². The minimum Gasteiger partial charge on any atom is -0.468 e. The highest BCUT2D eigenvalue weighted by atomic mass is 35.5. The lowest BCUT2D eigenvalue weighted by atomic mass is 10.0. The van der Waals surface area contributed by atoms with Crippen LogP contribution in [0.5, 0.6) is 0 Å². The van der Waals surface area contributed by atoms with Gasteiger partial charge in [-0.15, -0.1) is 10.2 Å². The molecule has 0 radical (unpaired) electrons. The average Bonchev–Trinajstić information content (AvgIpc) is 3.33. The van der Waals surface area contributed by atoms with Gasteiger partial charge in [-0.05, 0) is 30.7 Å². The van der Waals surface area contributed by atoms with E-state index >= 15 is 0 Å². The molecule has 1 fully saturated rings. The van der Waals surface area contributed by atoms with E-state index in [2.05, 4.69) is 10.2 Å². The Hall–Kier alpha value is -3.23. The van der Waals surface area contributed by atoms with Gasteiger partial charge in [0.1, 0.15) is 6.04 Å². The van der Waals surface area contributed by atoms with Crippen LogP contribution in [0.3, 0.4) is 0 Å². The maximum atomic E-state index is 12.8. The van der Waals surface area contributed by atoms with Crippen LogP contribution in [0.15, 0.2) is 52.9 Å². The molecule has 1 atom stereocenters. The molecule has 8 nitrogen and oxygen atoms in total. The summed E-state index contributed by atoms with van der Waals surface area (Å²) in [5, 5.41) is 8.69. The van der Waals surface area contributed by atoms with E-state index in [0.29, 0.717) is 55.0 Å². The first-order valence-corrected chi connectivity index (χ1v) is 11.6. The summed E-state index contributed by atoms with van der Waals surface area (Å²) in [6.07, 6.45) is 0.656. The molecule has 1 saturated heterocycles. The highest BCUT2D eigenvalue weighted by Gasteiger charge is 2.33. The first-order chi connectivity index (χ1) is 16.5. The molecular weight excluding hydrogens is 456 g/mol. The largest absolute Gasteiger partial charge is 0.468 e. The molecule has 2 heterocycles. The van der Waals surface area contributed by atoms with Gasteiger partial charge in [0, 0.05) is 49.6 Å². The van der Waals surface area contributed by atoms with Crippen LogP contribution in [-0.2, 0) is 20.7 Å². The fraction of sp³-hybridized carbons (Fsp3) is 0.360. The summed E-state index contributed by atoms with van der Waals surface area (Å²) < 4.78 is 10.8. The average molecular weight is 483 g/mol. The Kier molecular flexibility index (Phi) is 7.59. The highest BCUT2D eigenvalue weighted by molar-refractivity contribution is 6.31. The van der Waals surface area contributed by atoms with Crippen LogP contribution in [0, 0.1) is 6.92 Å². The quantitative estimate of drug-likeness (QED) is 0.474. The zero-order valence-corrected chi connectivity index (χ0v) is 20.0. The van der Waals surface area contributed by atoms with Crippen LogP contribution in [0.25, 0.3) is 11.5 Å². The number of rotatable bonds is 7. The molecule has 2 aromatic carbocycles. The lowest BCUT2D eigenvalue weighted by molar-refractivity contribution is -0.148. The molecule has 1 aliphatic rings. The number of nitrogens with zero attached hydrogens (tertiary/aromatic N) is 4. The minimum absolute atomic E-state index is 0.0158. The summed E-state index contributed by atoms with van der Waals surface area (Å²) in [7, 11) is 1.37. The second kappa shape index (κ2) is 10.8. The van der Waals surface area contributed by atoms with Crippen molar-refractivity contribution in [3.63, 3.8) is 0 Å². The van der Waals surface area contributed by atoms with E-state index in [1.807, 2.05) is 54.3 Å². The van der Waals surface area contributed by atoms with Crippen LogP contribution in [0.2, 0.25) is 5.02 Å². The third-order valence-corrected chi connectivity index (χ3v) is 6.32. The van der Waals surface area contributed by atoms with Gasteiger partial charge < -0.3 is 14.1 Å². The summed E-state index contributed by atoms with van der Waals surface area (Å²) in [5.41, 5.74) is 2.71. The smallest absolute Gasteiger partial charge is 0.327 e. The predicted molar refractivity (Wildman–Crippen MR) is 127 cm³/mol. The van der Waals surface area contributed by atoms with E-state index in [4.69, 9.17) is 20.8 Å². The molecule has 9 heteroatoms. The van der Waals surface area contributed by atoms with Gasteiger partial charge in [-0.3, -0.25) is 9.69 Å². The van der Waals surface area contributed by atoms with E-state index in [-0.39, 0.29) is 18.3 Å². The van der Waals surface area contributed by atoms with Crippen molar-refractivity contribution in [2.45, 2.75) is 25.8 Å². The van der Waals surface area contributed by atoms with Gasteiger partial charge in [0.25, 0.3) is 0 Å². The standard InChI is InChI=1S/C25H27ClN4O4/c1-17-7-9-18(10-8-17)24-28-27-21(34-24)11-12-22(31)29-13-15-30(16-14-29)23(25(32)33-2)19-5-3-4-6-20(19)26/h3-10,23H,11-16H2,1-2H3/t23-/m1/s1. The van der Waals surface area contributed by atoms with Crippen LogP contribution in [0.1, 0.15) is 29.5 Å². The van der Waals surface area contributed by atoms with Crippen molar-refractivity contribution in [2.24, 2.45) is 0 Å². The predicted octanol–water partition coefficient (Wildman–Crippen LogP) is 3.69. The Balaban J connectivity index is 1.32. The molecule has 0 N–H and O–H groups in total. The summed E-state index contributed by atoms with van der Waals surface area (Å²) in [6.45, 7) is 4.11. The molecule has 3 aromatic rings. The number of carbonyl (C=O) groups is 2. The molecule has 4 rings (SSSR count). The number of carbonyl (C=O) groups excluding carboxylic acids is 2. The Morgan fingerprint density at radius 2 is 1.76 bits per heavy atom. The van der Waals surface area contributed by atoms with E-state index < -0.39 is 6.04 Å². The molecule has 1 aliphatic heterocycles. The fourth-order valence-corrected chi connectivity index (χ4v) is 4.29. The number of aryl methyl sites for hydroxylation is 2. The molecular formula is C25H27ClN4O4. The topological polar surface area (TPSA) is 88.8 Å². The summed E-state index contributed by atoms with van der Waals surface area (Å²) in [4.78, 5) is 29.1. The third kappa shape index (κ3) is 5.46. The Morgan fingerprint density at radius 3 is 2.44 bits per heavy atom. The number of methoxy groups -OCH3 is 1. The number of ether oxygens (including phenoxy) is 1. The molecule has 1 amide bonds. The first kappa shape index (κ1) is 23.9. The van der Waals surface area contributed by atoms with Crippen molar-refractivity contribution in [1.29, 1.82) is 0 Å². The van der Waals surface area contributed by atoms with Gasteiger partial charge in [0.2, 0.25) is 17.7 Å². The normalized spacial score (nSPS) is 15.2. The molecule has 34 heavy (non-hydrogen) atoms. The fourth-order valence-electron chi connectivity index (χ4n) is 4.05. The Labute approximate surface area is 203 Å². The number of amides is 1.